The summed E-state index contributed by atoms with van der Waals surface area (Å²) >= 11 is 0. The summed E-state index contributed by atoms with van der Waals surface area (Å²) in [5.41, 5.74) is 2.19. The van der Waals surface area contributed by atoms with Gasteiger partial charge in [-0.05, 0) is 30.7 Å². The van der Waals surface area contributed by atoms with E-state index in [0.29, 0.717) is 13.0 Å². The maximum atomic E-state index is 14.8. The molecule has 0 radical (unpaired) electrons. The number of aliphatic imine (C=N–C) groups is 1. The number of carboxylic acids is 1. The highest BCUT2D eigenvalue weighted by Gasteiger charge is 2.16. The SMILES string of the molecule is Cc1ccc(CN(C)C(=Nc2ccc(Oc3ccc(C(=O)O)cn3)c(F)c2)NC(=O)N(C)C=O)cc1. The number of urea groups is 1. The number of hydrogen-bond donors (Lipinski definition) is 2. The van der Waals surface area contributed by atoms with Gasteiger partial charge in [-0.25, -0.2) is 24.0 Å². The van der Waals surface area contributed by atoms with E-state index in [1.807, 2.05) is 31.2 Å². The summed E-state index contributed by atoms with van der Waals surface area (Å²) < 4.78 is 20.2. The smallest absolute Gasteiger partial charge is 0.337 e. The largest absolute Gasteiger partial charge is 0.478 e. The molecule has 0 atom stereocenters. The van der Waals surface area contributed by atoms with Crippen LogP contribution >= 0.6 is 0 Å². The van der Waals surface area contributed by atoms with Crippen molar-refractivity contribution in [3.8, 4) is 11.6 Å². The van der Waals surface area contributed by atoms with E-state index < -0.39 is 17.8 Å². The second-order valence-electron chi connectivity index (χ2n) is 7.83. The molecule has 3 amide bonds. The van der Waals surface area contributed by atoms with Crippen molar-refractivity contribution in [2.75, 3.05) is 14.1 Å². The Morgan fingerprint density at radius 3 is 2.44 bits per heavy atom. The van der Waals surface area contributed by atoms with Gasteiger partial charge in [0.1, 0.15) is 0 Å². The Labute approximate surface area is 206 Å². The molecule has 0 aliphatic rings. The molecule has 3 rings (SSSR count). The van der Waals surface area contributed by atoms with Gasteiger partial charge in [-0.1, -0.05) is 29.8 Å². The predicted octanol–water partition coefficient (Wildman–Crippen LogP) is 3.94. The second-order valence-corrected chi connectivity index (χ2v) is 7.83. The molecule has 1 heterocycles. The van der Waals surface area contributed by atoms with Crippen molar-refractivity contribution in [1.29, 1.82) is 0 Å². The van der Waals surface area contributed by atoms with Crippen molar-refractivity contribution in [3.63, 3.8) is 0 Å². The van der Waals surface area contributed by atoms with Crippen LogP contribution in [0.1, 0.15) is 21.5 Å². The molecule has 36 heavy (non-hydrogen) atoms. The average molecular weight is 493 g/mol. The molecule has 3 aromatic rings. The average Bonchev–Trinajstić information content (AvgIpc) is 2.86. The van der Waals surface area contributed by atoms with Gasteiger partial charge in [0.05, 0.1) is 11.3 Å². The van der Waals surface area contributed by atoms with E-state index in [0.717, 1.165) is 28.3 Å². The molecular weight excluding hydrogens is 469 g/mol. The highest BCUT2D eigenvalue weighted by Crippen LogP contribution is 2.27. The number of carbonyl (C=O) groups excluding carboxylic acids is 2. The monoisotopic (exact) mass is 493 g/mol. The van der Waals surface area contributed by atoms with Crippen LogP contribution in [0.5, 0.6) is 11.6 Å². The summed E-state index contributed by atoms with van der Waals surface area (Å²) in [7, 11) is 2.99. The van der Waals surface area contributed by atoms with Gasteiger partial charge in [0.2, 0.25) is 18.2 Å². The van der Waals surface area contributed by atoms with E-state index in [9.17, 15) is 18.8 Å². The number of amides is 3. The van der Waals surface area contributed by atoms with Crippen molar-refractivity contribution < 1.29 is 28.6 Å². The standard InChI is InChI=1S/C25H24FN5O5/c1-16-4-6-17(7-5-16)14-30(2)24(29-25(35)31(3)15-32)28-19-9-10-21(20(26)12-19)36-22-11-8-18(13-27-22)23(33)34/h4-13,15H,14H2,1-3H3,(H,33,34)(H,28,29,35). The number of aryl methyl sites for hydroxylation is 1. The molecule has 0 fully saturated rings. The van der Waals surface area contributed by atoms with Crippen LogP contribution in [0.2, 0.25) is 0 Å². The van der Waals surface area contributed by atoms with E-state index in [4.69, 9.17) is 9.84 Å². The van der Waals surface area contributed by atoms with Gasteiger partial charge in [-0.15, -0.1) is 0 Å². The number of aromatic nitrogens is 1. The Balaban J connectivity index is 1.84. The summed E-state index contributed by atoms with van der Waals surface area (Å²) in [6, 6.07) is 13.6. The fourth-order valence-corrected chi connectivity index (χ4v) is 2.93. The van der Waals surface area contributed by atoms with E-state index in [1.165, 1.54) is 31.3 Å². The van der Waals surface area contributed by atoms with Crippen LogP contribution in [0.3, 0.4) is 0 Å². The quantitative estimate of drug-likeness (QED) is 0.290. The number of carboxylic acid groups (broad SMARTS) is 1. The van der Waals surface area contributed by atoms with Gasteiger partial charge in [0.25, 0.3) is 0 Å². The zero-order valence-corrected chi connectivity index (χ0v) is 19.8. The number of nitrogens with zero attached hydrogens (tertiary/aromatic N) is 4. The highest BCUT2D eigenvalue weighted by atomic mass is 19.1. The highest BCUT2D eigenvalue weighted by molar-refractivity contribution is 6.00. The molecule has 0 unspecified atom stereocenters. The van der Waals surface area contributed by atoms with Crippen molar-refractivity contribution in [1.82, 2.24) is 20.1 Å². The third-order valence-corrected chi connectivity index (χ3v) is 4.95. The number of imide groups is 1. The number of ether oxygens (including phenoxy) is 1. The molecule has 0 spiro atoms. The molecule has 0 saturated carbocycles. The number of carbonyl (C=O) groups is 3. The lowest BCUT2D eigenvalue weighted by Gasteiger charge is -2.23. The molecule has 0 bridgehead atoms. The number of aromatic carboxylic acids is 1. The Kier molecular flexibility index (Phi) is 8.29. The Morgan fingerprint density at radius 1 is 1.14 bits per heavy atom. The van der Waals surface area contributed by atoms with Gasteiger partial charge in [-0.3, -0.25) is 15.0 Å². The fourth-order valence-electron chi connectivity index (χ4n) is 2.93. The first-order chi connectivity index (χ1) is 17.2. The van der Waals surface area contributed by atoms with E-state index >= 15 is 0 Å². The van der Waals surface area contributed by atoms with E-state index in [1.54, 1.807) is 11.9 Å². The molecular formula is C25H24FN5O5. The summed E-state index contributed by atoms with van der Waals surface area (Å²) in [5, 5.41) is 11.5. The van der Waals surface area contributed by atoms with Crippen molar-refractivity contribution in [2.45, 2.75) is 13.5 Å². The van der Waals surface area contributed by atoms with Gasteiger partial charge in [-0.2, -0.15) is 0 Å². The molecule has 10 nitrogen and oxygen atoms in total. The van der Waals surface area contributed by atoms with Gasteiger partial charge in [0.15, 0.2) is 11.6 Å². The van der Waals surface area contributed by atoms with Crippen molar-refractivity contribution in [2.24, 2.45) is 4.99 Å². The van der Waals surface area contributed by atoms with Gasteiger partial charge in [0, 0.05) is 39.0 Å². The summed E-state index contributed by atoms with van der Waals surface area (Å²) in [5.74, 6) is -1.94. The molecule has 0 saturated heterocycles. The number of nitrogens with one attached hydrogen (secondary N) is 1. The third-order valence-electron chi connectivity index (χ3n) is 4.95. The minimum atomic E-state index is -1.14. The van der Waals surface area contributed by atoms with E-state index in [2.05, 4.69) is 15.3 Å². The number of guanidine groups is 1. The van der Waals surface area contributed by atoms with Crippen LogP contribution in [-0.2, 0) is 11.3 Å². The number of hydrogen-bond acceptors (Lipinski definition) is 6. The molecule has 11 heteroatoms. The topological polar surface area (TPSA) is 124 Å². The number of halogens is 1. The first kappa shape index (κ1) is 25.8. The van der Waals surface area contributed by atoms with Crippen LogP contribution in [0.4, 0.5) is 14.9 Å². The van der Waals surface area contributed by atoms with Crippen molar-refractivity contribution in [3.05, 3.63) is 83.3 Å². The predicted molar refractivity (Wildman–Crippen MR) is 130 cm³/mol. The fraction of sp³-hybridized carbons (Fsp3) is 0.160. The van der Waals surface area contributed by atoms with Gasteiger partial charge < -0.3 is 14.7 Å². The Bertz CT molecular complexity index is 1280. The van der Waals surface area contributed by atoms with E-state index in [-0.39, 0.29) is 28.8 Å². The lowest BCUT2D eigenvalue weighted by molar-refractivity contribution is -0.114. The minimum absolute atomic E-state index is 0.0119. The molecule has 2 aromatic carbocycles. The number of rotatable bonds is 7. The normalized spacial score (nSPS) is 10.9. The first-order valence-corrected chi connectivity index (χ1v) is 10.7. The lowest BCUT2D eigenvalue weighted by Crippen LogP contribution is -2.46. The minimum Gasteiger partial charge on any atom is -0.478 e. The van der Waals surface area contributed by atoms with Crippen LogP contribution in [0.25, 0.3) is 0 Å². The zero-order chi connectivity index (χ0) is 26.2. The maximum absolute atomic E-state index is 14.8. The molecule has 0 aliphatic heterocycles. The first-order valence-electron chi connectivity index (χ1n) is 10.7. The molecule has 186 valence electrons. The summed E-state index contributed by atoms with van der Waals surface area (Å²) in [6.45, 7) is 2.35. The number of pyridine rings is 1. The molecule has 0 aliphatic carbocycles. The van der Waals surface area contributed by atoms with Gasteiger partial charge >= 0.3 is 12.0 Å². The van der Waals surface area contributed by atoms with Crippen LogP contribution < -0.4 is 10.1 Å². The molecule has 2 N–H and O–H groups in total. The third kappa shape index (κ3) is 6.86. The van der Waals surface area contributed by atoms with Crippen molar-refractivity contribution >= 4 is 30.1 Å². The zero-order valence-electron chi connectivity index (χ0n) is 19.8. The van der Waals surface area contributed by atoms with Crippen LogP contribution in [-0.4, -0.2) is 58.4 Å². The Hall–Kier alpha value is -4.80. The summed E-state index contributed by atoms with van der Waals surface area (Å²) in [4.78, 5) is 44.9. The Morgan fingerprint density at radius 2 is 1.86 bits per heavy atom. The number of benzene rings is 2. The second kappa shape index (κ2) is 11.6. The molecule has 1 aromatic heterocycles. The van der Waals surface area contributed by atoms with Crippen LogP contribution in [0.15, 0.2) is 65.8 Å². The maximum Gasteiger partial charge on any atom is 0.337 e. The van der Waals surface area contributed by atoms with Crippen LogP contribution in [0, 0.1) is 12.7 Å². The lowest BCUT2D eigenvalue weighted by atomic mass is 10.1. The summed E-state index contributed by atoms with van der Waals surface area (Å²) in [6.07, 6.45) is 1.46.